The second-order valence-electron chi connectivity index (χ2n) is 3.54. The highest BCUT2D eigenvalue weighted by molar-refractivity contribution is 6.20. The Morgan fingerprint density at radius 3 is 2.21 bits per heavy atom. The molecule has 0 unspecified atom stereocenters. The fourth-order valence-electron chi connectivity index (χ4n) is 1.43. The summed E-state index contributed by atoms with van der Waals surface area (Å²) in [4.78, 5) is 10.9. The highest BCUT2D eigenvalue weighted by atomic mass is 35.5. The molecule has 0 radical (unpaired) electrons. The second-order valence-corrected chi connectivity index (χ2v) is 3.94. The zero-order valence-electron chi connectivity index (χ0n) is 8.67. The van der Waals surface area contributed by atoms with Gasteiger partial charge in [-0.15, -0.1) is 0 Å². The topological polar surface area (TPSA) is 20.3 Å². The van der Waals surface area contributed by atoms with Crippen molar-refractivity contribution >= 4 is 17.7 Å². The van der Waals surface area contributed by atoms with E-state index in [4.69, 9.17) is 11.8 Å². The maximum atomic E-state index is 10.9. The van der Waals surface area contributed by atoms with E-state index in [2.05, 4.69) is 6.07 Å². The van der Waals surface area contributed by atoms with Crippen LogP contribution in [0.5, 0.6) is 0 Å². The van der Waals surface area contributed by atoms with Gasteiger partial charge in [-0.25, -0.2) is 0 Å². The molecule has 0 aliphatic carbocycles. The Morgan fingerprint density at radius 1 is 1.29 bits per heavy atom. The molecule has 1 rings (SSSR count). The minimum Gasteiger partial charge on any atom is -0.274 e. The summed E-state index contributed by atoms with van der Waals surface area (Å²) in [6.07, 6.45) is 0. The van der Waals surface area contributed by atoms with Gasteiger partial charge in [0.2, 0.25) is 5.91 Å². The van der Waals surface area contributed by atoms with Crippen LogP contribution < -0.4 is 0 Å². The minimum absolute atomic E-state index is 0.133. The Morgan fingerprint density at radius 2 is 1.79 bits per heavy atom. The second kappa shape index (κ2) is 4.47. The summed E-state index contributed by atoms with van der Waals surface area (Å²) in [6.45, 7) is 5.97. The van der Waals surface area contributed by atoms with Crippen LogP contribution in [0.2, 0.25) is 0 Å². The lowest BCUT2D eigenvalue weighted by Gasteiger charge is -2.12. The molecule has 1 aromatic rings. The van der Waals surface area contributed by atoms with Gasteiger partial charge in [0.25, 0.3) is 0 Å². The quantitative estimate of drug-likeness (QED) is 0.689. The summed E-state index contributed by atoms with van der Waals surface area (Å²) < 4.78 is 1.19. The van der Waals surface area contributed by atoms with Crippen molar-refractivity contribution in [1.29, 1.82) is 0 Å². The van der Waals surface area contributed by atoms with Crippen molar-refractivity contribution in [1.82, 2.24) is 4.42 Å². The summed E-state index contributed by atoms with van der Waals surface area (Å²) in [5.74, 6) is -0.133. The van der Waals surface area contributed by atoms with Crippen LogP contribution in [0.15, 0.2) is 18.2 Å². The lowest BCUT2D eigenvalue weighted by Crippen LogP contribution is -2.17. The van der Waals surface area contributed by atoms with Crippen molar-refractivity contribution in [2.45, 2.75) is 27.3 Å². The van der Waals surface area contributed by atoms with E-state index < -0.39 is 0 Å². The molecule has 14 heavy (non-hydrogen) atoms. The van der Waals surface area contributed by atoms with Crippen LogP contribution in [0, 0.1) is 13.8 Å². The molecule has 0 bridgehead atoms. The fourth-order valence-corrected chi connectivity index (χ4v) is 1.57. The Bertz CT molecular complexity index is 329. The lowest BCUT2D eigenvalue weighted by atomic mass is 10.1. The Hall–Kier alpha value is -1.02. The molecule has 3 heteroatoms. The van der Waals surface area contributed by atoms with Gasteiger partial charge in [0.05, 0.1) is 6.54 Å². The molecule has 0 N–H and O–H groups in total. The summed E-state index contributed by atoms with van der Waals surface area (Å²) in [6, 6.07) is 6.16. The number of carbonyl (C=O) groups excluding carboxylic acids is 1. The van der Waals surface area contributed by atoms with Crippen LogP contribution in [-0.4, -0.2) is 10.3 Å². The van der Waals surface area contributed by atoms with Crippen molar-refractivity contribution in [3.8, 4) is 0 Å². The Balaban J connectivity index is 2.81. The molecule has 0 saturated heterocycles. The molecule has 76 valence electrons. The van der Waals surface area contributed by atoms with Gasteiger partial charge in [-0.3, -0.25) is 9.21 Å². The fraction of sp³-hybridized carbons (Fsp3) is 0.364. The van der Waals surface area contributed by atoms with Crippen LogP contribution in [0.3, 0.4) is 0 Å². The maximum absolute atomic E-state index is 10.9. The van der Waals surface area contributed by atoms with E-state index in [-0.39, 0.29) is 5.91 Å². The molecule has 0 saturated carbocycles. The molecular formula is C11H14ClNO. The van der Waals surface area contributed by atoms with Gasteiger partial charge in [0, 0.05) is 18.7 Å². The SMILES string of the molecule is CC(=O)N(Cl)Cc1cc(C)cc(C)c1. The van der Waals surface area contributed by atoms with Gasteiger partial charge in [-0.2, -0.15) is 0 Å². The molecule has 0 aliphatic heterocycles. The molecule has 1 aromatic carbocycles. The van der Waals surface area contributed by atoms with Crippen molar-refractivity contribution in [2.75, 3.05) is 0 Å². The highest BCUT2D eigenvalue weighted by Crippen LogP contribution is 2.12. The van der Waals surface area contributed by atoms with Crippen LogP contribution in [0.4, 0.5) is 0 Å². The largest absolute Gasteiger partial charge is 0.274 e. The van der Waals surface area contributed by atoms with E-state index in [9.17, 15) is 4.79 Å². The molecule has 0 aliphatic rings. The molecule has 0 aromatic heterocycles. The average molecular weight is 212 g/mol. The lowest BCUT2D eigenvalue weighted by molar-refractivity contribution is -0.124. The monoisotopic (exact) mass is 211 g/mol. The number of halogens is 1. The number of rotatable bonds is 2. The number of carbonyl (C=O) groups is 1. The third kappa shape index (κ3) is 3.04. The summed E-state index contributed by atoms with van der Waals surface area (Å²) in [5.41, 5.74) is 3.44. The van der Waals surface area contributed by atoms with Gasteiger partial charge in [0.1, 0.15) is 0 Å². The third-order valence-corrected chi connectivity index (χ3v) is 2.30. The number of aryl methyl sites for hydroxylation is 2. The first-order chi connectivity index (χ1) is 6.49. The van der Waals surface area contributed by atoms with Crippen LogP contribution in [0.25, 0.3) is 0 Å². The Kier molecular flexibility index (Phi) is 3.53. The highest BCUT2D eigenvalue weighted by Gasteiger charge is 2.06. The summed E-state index contributed by atoms with van der Waals surface area (Å²) in [7, 11) is 0. The Labute approximate surface area is 89.6 Å². The van der Waals surface area contributed by atoms with Gasteiger partial charge in [0.15, 0.2) is 0 Å². The molecular weight excluding hydrogens is 198 g/mol. The number of benzene rings is 1. The van der Waals surface area contributed by atoms with Crippen molar-refractivity contribution in [3.05, 3.63) is 34.9 Å². The molecule has 0 atom stereocenters. The zero-order chi connectivity index (χ0) is 10.7. The van der Waals surface area contributed by atoms with Gasteiger partial charge in [-0.05, 0) is 19.4 Å². The maximum Gasteiger partial charge on any atom is 0.234 e. The predicted molar refractivity (Wildman–Crippen MR) is 58.0 cm³/mol. The van der Waals surface area contributed by atoms with E-state index in [0.717, 1.165) is 5.56 Å². The number of amides is 1. The number of hydrogen-bond acceptors (Lipinski definition) is 1. The molecule has 1 amide bonds. The zero-order valence-corrected chi connectivity index (χ0v) is 9.43. The first kappa shape index (κ1) is 11.1. The first-order valence-electron chi connectivity index (χ1n) is 4.50. The average Bonchev–Trinajstić information content (AvgIpc) is 2.01. The van der Waals surface area contributed by atoms with Crippen molar-refractivity contribution in [2.24, 2.45) is 0 Å². The number of nitrogens with zero attached hydrogens (tertiary/aromatic N) is 1. The summed E-state index contributed by atoms with van der Waals surface area (Å²) >= 11 is 5.74. The predicted octanol–water partition coefficient (Wildman–Crippen LogP) is 2.81. The summed E-state index contributed by atoms with van der Waals surface area (Å²) in [5, 5.41) is 0. The van der Waals surface area contributed by atoms with E-state index >= 15 is 0 Å². The molecule has 0 fully saturated rings. The van der Waals surface area contributed by atoms with Crippen LogP contribution >= 0.6 is 11.8 Å². The minimum atomic E-state index is -0.133. The van der Waals surface area contributed by atoms with Crippen molar-refractivity contribution in [3.63, 3.8) is 0 Å². The van der Waals surface area contributed by atoms with Gasteiger partial charge in [-0.1, -0.05) is 29.3 Å². The van der Waals surface area contributed by atoms with Gasteiger partial charge >= 0.3 is 0 Å². The van der Waals surface area contributed by atoms with Gasteiger partial charge < -0.3 is 0 Å². The molecule has 2 nitrogen and oxygen atoms in total. The number of hydrogen-bond donors (Lipinski definition) is 0. The molecule has 0 heterocycles. The molecule has 0 spiro atoms. The van der Waals surface area contributed by atoms with E-state index in [1.165, 1.54) is 22.5 Å². The third-order valence-electron chi connectivity index (χ3n) is 1.94. The van der Waals surface area contributed by atoms with Crippen LogP contribution in [0.1, 0.15) is 23.6 Å². The van der Waals surface area contributed by atoms with E-state index in [0.29, 0.717) is 6.54 Å². The smallest absolute Gasteiger partial charge is 0.234 e. The van der Waals surface area contributed by atoms with Crippen LogP contribution in [-0.2, 0) is 11.3 Å². The standard InChI is InChI=1S/C11H14ClNO/c1-8-4-9(2)6-11(5-8)7-13(12)10(3)14/h4-6H,7H2,1-3H3. The normalized spacial score (nSPS) is 10.0. The van der Waals surface area contributed by atoms with E-state index in [1.54, 1.807) is 0 Å². The van der Waals surface area contributed by atoms with Crippen molar-refractivity contribution < 1.29 is 4.79 Å². The first-order valence-corrected chi connectivity index (χ1v) is 4.84. The van der Waals surface area contributed by atoms with E-state index in [1.807, 2.05) is 26.0 Å².